The molecule has 1 saturated carbocycles. The largest absolute Gasteiger partial charge is 0.414 e. The summed E-state index contributed by atoms with van der Waals surface area (Å²) in [6, 6.07) is -0.169. The molecule has 0 aromatic rings. The van der Waals surface area contributed by atoms with E-state index in [4.69, 9.17) is 10.8 Å². The Labute approximate surface area is 74.9 Å². The van der Waals surface area contributed by atoms with Gasteiger partial charge in [-0.05, 0) is 25.2 Å². The van der Waals surface area contributed by atoms with Crippen LogP contribution in [0.1, 0.15) is 25.7 Å². The average molecular weight is 197 g/mol. The SMILES string of the molecule is NC1CCCC1CC(O)C(F)(F)F. The highest BCUT2D eigenvalue weighted by atomic mass is 19.4. The lowest BCUT2D eigenvalue weighted by molar-refractivity contribution is -0.208. The normalized spacial score (nSPS) is 32.1. The van der Waals surface area contributed by atoms with Crippen molar-refractivity contribution in [2.24, 2.45) is 11.7 Å². The lowest BCUT2D eigenvalue weighted by Crippen LogP contribution is -2.34. The third kappa shape index (κ3) is 2.84. The molecule has 0 radical (unpaired) electrons. The van der Waals surface area contributed by atoms with Crippen LogP contribution in [-0.4, -0.2) is 23.4 Å². The fourth-order valence-electron chi connectivity index (χ4n) is 1.78. The van der Waals surface area contributed by atoms with E-state index < -0.39 is 12.3 Å². The van der Waals surface area contributed by atoms with Gasteiger partial charge in [0.15, 0.2) is 0 Å². The van der Waals surface area contributed by atoms with E-state index in [1.54, 1.807) is 0 Å². The molecule has 0 bridgehead atoms. The molecular weight excluding hydrogens is 183 g/mol. The summed E-state index contributed by atoms with van der Waals surface area (Å²) in [6.45, 7) is 0. The molecule has 0 aromatic carbocycles. The third-order valence-corrected chi connectivity index (χ3v) is 2.62. The van der Waals surface area contributed by atoms with Gasteiger partial charge in [-0.2, -0.15) is 13.2 Å². The molecule has 1 aliphatic rings. The molecule has 1 rings (SSSR count). The zero-order valence-corrected chi connectivity index (χ0v) is 7.22. The van der Waals surface area contributed by atoms with Gasteiger partial charge in [0.05, 0.1) is 0 Å². The Morgan fingerprint density at radius 2 is 2.00 bits per heavy atom. The van der Waals surface area contributed by atoms with Crippen molar-refractivity contribution in [2.45, 2.75) is 44.0 Å². The Balaban J connectivity index is 2.40. The van der Waals surface area contributed by atoms with Crippen molar-refractivity contribution >= 4 is 0 Å². The lowest BCUT2D eigenvalue weighted by Gasteiger charge is -2.20. The quantitative estimate of drug-likeness (QED) is 0.703. The van der Waals surface area contributed by atoms with Crippen molar-refractivity contribution in [3.63, 3.8) is 0 Å². The molecule has 2 nitrogen and oxygen atoms in total. The summed E-state index contributed by atoms with van der Waals surface area (Å²) in [5.41, 5.74) is 5.59. The Morgan fingerprint density at radius 3 is 2.38 bits per heavy atom. The summed E-state index contributed by atoms with van der Waals surface area (Å²) in [6.07, 6.45) is -4.60. The van der Waals surface area contributed by atoms with Crippen LogP contribution in [0.4, 0.5) is 13.2 Å². The molecule has 0 aliphatic heterocycles. The molecule has 1 fully saturated rings. The van der Waals surface area contributed by atoms with Crippen LogP contribution in [0.25, 0.3) is 0 Å². The lowest BCUT2D eigenvalue weighted by atomic mass is 9.96. The first-order chi connectivity index (χ1) is 5.91. The fourth-order valence-corrected chi connectivity index (χ4v) is 1.78. The third-order valence-electron chi connectivity index (χ3n) is 2.62. The van der Waals surface area contributed by atoms with Crippen LogP contribution in [0.5, 0.6) is 0 Å². The molecular formula is C8H14F3NO. The van der Waals surface area contributed by atoms with Gasteiger partial charge in [0.25, 0.3) is 0 Å². The first kappa shape index (κ1) is 10.8. The highest BCUT2D eigenvalue weighted by Crippen LogP contribution is 2.32. The van der Waals surface area contributed by atoms with E-state index in [0.717, 1.165) is 12.8 Å². The molecule has 5 heteroatoms. The summed E-state index contributed by atoms with van der Waals surface area (Å²) in [5.74, 6) is -0.170. The number of alkyl halides is 3. The summed E-state index contributed by atoms with van der Waals surface area (Å²) in [7, 11) is 0. The summed E-state index contributed by atoms with van der Waals surface area (Å²) in [4.78, 5) is 0. The number of halogens is 3. The number of rotatable bonds is 2. The maximum Gasteiger partial charge on any atom is 0.414 e. The molecule has 0 spiro atoms. The van der Waals surface area contributed by atoms with Crippen molar-refractivity contribution in [2.75, 3.05) is 0 Å². The number of hydrogen-bond acceptors (Lipinski definition) is 2. The standard InChI is InChI=1S/C8H14F3NO/c9-8(10,11)7(13)4-5-2-1-3-6(5)12/h5-7,13H,1-4,12H2. The van der Waals surface area contributed by atoms with Gasteiger partial charge in [0, 0.05) is 6.04 Å². The average Bonchev–Trinajstić information content (AvgIpc) is 2.34. The van der Waals surface area contributed by atoms with Crippen molar-refractivity contribution in [1.82, 2.24) is 0 Å². The molecule has 0 heterocycles. The van der Waals surface area contributed by atoms with Gasteiger partial charge < -0.3 is 10.8 Å². The van der Waals surface area contributed by atoms with E-state index in [1.807, 2.05) is 0 Å². The Morgan fingerprint density at radius 1 is 1.38 bits per heavy atom. The maximum atomic E-state index is 11.9. The second-order valence-corrected chi connectivity index (χ2v) is 3.65. The topological polar surface area (TPSA) is 46.2 Å². The van der Waals surface area contributed by atoms with E-state index in [9.17, 15) is 13.2 Å². The van der Waals surface area contributed by atoms with Crippen LogP contribution in [0.3, 0.4) is 0 Å². The monoisotopic (exact) mass is 197 g/mol. The molecule has 3 N–H and O–H groups in total. The minimum Gasteiger partial charge on any atom is -0.384 e. The van der Waals surface area contributed by atoms with Crippen LogP contribution in [-0.2, 0) is 0 Å². The van der Waals surface area contributed by atoms with E-state index in [0.29, 0.717) is 6.42 Å². The molecule has 1 aliphatic carbocycles. The van der Waals surface area contributed by atoms with Crippen molar-refractivity contribution in [3.05, 3.63) is 0 Å². The molecule has 3 unspecified atom stereocenters. The van der Waals surface area contributed by atoms with E-state index in [1.165, 1.54) is 0 Å². The van der Waals surface area contributed by atoms with Gasteiger partial charge in [-0.15, -0.1) is 0 Å². The minimum atomic E-state index is -4.50. The summed E-state index contributed by atoms with van der Waals surface area (Å²) >= 11 is 0. The fraction of sp³-hybridized carbons (Fsp3) is 1.00. The molecule has 78 valence electrons. The van der Waals surface area contributed by atoms with Crippen LogP contribution in [0.2, 0.25) is 0 Å². The maximum absolute atomic E-state index is 11.9. The van der Waals surface area contributed by atoms with Crippen molar-refractivity contribution in [1.29, 1.82) is 0 Å². The van der Waals surface area contributed by atoms with Crippen molar-refractivity contribution < 1.29 is 18.3 Å². The van der Waals surface area contributed by atoms with E-state index in [2.05, 4.69) is 0 Å². The van der Waals surface area contributed by atoms with Gasteiger partial charge in [0.1, 0.15) is 6.10 Å². The van der Waals surface area contributed by atoms with E-state index in [-0.39, 0.29) is 18.4 Å². The second kappa shape index (κ2) is 3.84. The second-order valence-electron chi connectivity index (χ2n) is 3.65. The number of nitrogens with two attached hydrogens (primary N) is 1. The summed E-state index contributed by atoms with van der Waals surface area (Å²) in [5, 5.41) is 8.78. The van der Waals surface area contributed by atoms with Crippen molar-refractivity contribution in [3.8, 4) is 0 Å². The van der Waals surface area contributed by atoms with Gasteiger partial charge in [-0.3, -0.25) is 0 Å². The number of aliphatic hydroxyl groups is 1. The van der Waals surface area contributed by atoms with Crippen LogP contribution < -0.4 is 5.73 Å². The molecule has 0 amide bonds. The Kier molecular flexibility index (Phi) is 3.18. The molecule has 0 saturated heterocycles. The molecule has 13 heavy (non-hydrogen) atoms. The Hall–Kier alpha value is -0.290. The number of hydrogen-bond donors (Lipinski definition) is 2. The molecule has 0 aromatic heterocycles. The van der Waals surface area contributed by atoms with Gasteiger partial charge in [-0.1, -0.05) is 6.42 Å². The van der Waals surface area contributed by atoms with Crippen LogP contribution in [0, 0.1) is 5.92 Å². The molecule has 3 atom stereocenters. The predicted molar refractivity (Wildman–Crippen MR) is 42.0 cm³/mol. The smallest absolute Gasteiger partial charge is 0.384 e. The zero-order valence-electron chi connectivity index (χ0n) is 7.22. The van der Waals surface area contributed by atoms with Gasteiger partial charge >= 0.3 is 6.18 Å². The first-order valence-electron chi connectivity index (χ1n) is 4.41. The van der Waals surface area contributed by atoms with E-state index >= 15 is 0 Å². The predicted octanol–water partition coefficient (Wildman–Crippen LogP) is 1.43. The van der Waals surface area contributed by atoms with Gasteiger partial charge in [0.2, 0.25) is 0 Å². The van der Waals surface area contributed by atoms with Crippen LogP contribution >= 0.6 is 0 Å². The zero-order chi connectivity index (χ0) is 10.1. The highest BCUT2D eigenvalue weighted by molar-refractivity contribution is 4.83. The first-order valence-corrected chi connectivity index (χ1v) is 4.41. The number of aliphatic hydroxyl groups excluding tert-OH is 1. The van der Waals surface area contributed by atoms with Crippen LogP contribution in [0.15, 0.2) is 0 Å². The van der Waals surface area contributed by atoms with Gasteiger partial charge in [-0.25, -0.2) is 0 Å². The Bertz CT molecular complexity index is 171. The minimum absolute atomic E-state index is 0.169. The highest BCUT2D eigenvalue weighted by Gasteiger charge is 2.41. The summed E-state index contributed by atoms with van der Waals surface area (Å²) < 4.78 is 35.8.